The summed E-state index contributed by atoms with van der Waals surface area (Å²) >= 11 is 0. The van der Waals surface area contributed by atoms with Gasteiger partial charge in [0.15, 0.2) is 11.4 Å². The minimum atomic E-state index is -0.410. The number of aliphatic hydroxyl groups excluding tert-OH is 1. The van der Waals surface area contributed by atoms with Gasteiger partial charge in [0.1, 0.15) is 11.6 Å². The van der Waals surface area contributed by atoms with Crippen LogP contribution in [0, 0.1) is 18.7 Å². The van der Waals surface area contributed by atoms with E-state index in [4.69, 9.17) is 4.74 Å². The molecule has 5 rings (SSSR count). The fourth-order valence-corrected chi connectivity index (χ4v) is 3.99. The molecule has 0 unspecified atom stereocenters. The van der Waals surface area contributed by atoms with Gasteiger partial charge in [-0.1, -0.05) is 18.2 Å². The molecular weight excluding hydrogens is 435 g/mol. The minimum Gasteiger partial charge on any atom is -0.437 e. The predicted molar refractivity (Wildman–Crippen MR) is 127 cm³/mol. The van der Waals surface area contributed by atoms with Gasteiger partial charge in [-0.3, -0.25) is 4.79 Å². The van der Waals surface area contributed by atoms with E-state index in [9.17, 15) is 14.3 Å². The number of Topliss-reactive ketones (excluding diaryl/α,β-unsaturated/α-hetero) is 1. The van der Waals surface area contributed by atoms with Crippen LogP contribution in [0.25, 0.3) is 16.9 Å². The number of benzene rings is 2. The number of halogens is 1. The number of aromatic nitrogens is 3. The third kappa shape index (κ3) is 4.63. The molecule has 2 aromatic heterocycles. The summed E-state index contributed by atoms with van der Waals surface area (Å²) in [4.78, 5) is 17.1. The molecule has 0 radical (unpaired) electrons. The van der Waals surface area contributed by atoms with Crippen LogP contribution >= 0.6 is 0 Å². The number of fused-ring (bicyclic) bond motifs is 1. The Morgan fingerprint density at radius 1 is 1.24 bits per heavy atom. The summed E-state index contributed by atoms with van der Waals surface area (Å²) in [7, 11) is 0. The first-order valence-electron chi connectivity index (χ1n) is 11.3. The molecule has 2 heterocycles. The van der Waals surface area contributed by atoms with E-state index in [-0.39, 0.29) is 18.3 Å². The van der Waals surface area contributed by atoms with Crippen molar-refractivity contribution >= 4 is 17.1 Å². The zero-order valence-electron chi connectivity index (χ0n) is 18.8. The Labute approximate surface area is 196 Å². The van der Waals surface area contributed by atoms with E-state index in [0.29, 0.717) is 36.0 Å². The van der Waals surface area contributed by atoms with Crippen molar-refractivity contribution in [1.82, 2.24) is 14.6 Å². The van der Waals surface area contributed by atoms with Crippen LogP contribution in [0.4, 0.5) is 10.1 Å². The van der Waals surface area contributed by atoms with E-state index < -0.39 is 5.82 Å². The topological polar surface area (TPSA) is 88.8 Å². The normalized spacial score (nSPS) is 13.3. The number of anilines is 1. The van der Waals surface area contributed by atoms with E-state index in [2.05, 4.69) is 15.4 Å². The van der Waals surface area contributed by atoms with Crippen LogP contribution in [0.15, 0.2) is 54.7 Å². The van der Waals surface area contributed by atoms with Crippen LogP contribution in [0.5, 0.6) is 11.6 Å². The van der Waals surface area contributed by atoms with Gasteiger partial charge in [-0.05, 0) is 49.4 Å². The van der Waals surface area contributed by atoms with Crippen molar-refractivity contribution in [3.05, 3.63) is 71.7 Å². The van der Waals surface area contributed by atoms with Crippen molar-refractivity contribution in [2.75, 3.05) is 18.5 Å². The molecule has 1 fully saturated rings. The summed E-state index contributed by atoms with van der Waals surface area (Å²) in [5.41, 5.74) is 4.41. The first-order valence-corrected chi connectivity index (χ1v) is 11.3. The van der Waals surface area contributed by atoms with E-state index in [1.165, 1.54) is 12.1 Å². The Hall–Kier alpha value is -3.78. The number of nitrogens with one attached hydrogen (secondary N) is 1. The van der Waals surface area contributed by atoms with Gasteiger partial charge >= 0.3 is 0 Å². The number of hydrogen-bond donors (Lipinski definition) is 2. The van der Waals surface area contributed by atoms with Crippen LogP contribution in [-0.2, 0) is 0 Å². The molecule has 0 bridgehead atoms. The van der Waals surface area contributed by atoms with Gasteiger partial charge < -0.3 is 15.2 Å². The van der Waals surface area contributed by atoms with E-state index in [1.54, 1.807) is 28.9 Å². The van der Waals surface area contributed by atoms with Crippen LogP contribution in [0.3, 0.4) is 0 Å². The van der Waals surface area contributed by atoms with Crippen molar-refractivity contribution < 1.29 is 19.0 Å². The van der Waals surface area contributed by atoms with Crippen molar-refractivity contribution in [2.24, 2.45) is 5.92 Å². The van der Waals surface area contributed by atoms with Crippen molar-refractivity contribution in [3.63, 3.8) is 0 Å². The summed E-state index contributed by atoms with van der Waals surface area (Å²) in [6.07, 6.45) is 4.60. The molecule has 2 N–H and O–H groups in total. The minimum absolute atomic E-state index is 0.0579. The Bertz CT molecular complexity index is 1360. The summed E-state index contributed by atoms with van der Waals surface area (Å²) < 4.78 is 21.1. The smallest absolute Gasteiger partial charge is 0.239 e. The van der Waals surface area contributed by atoms with Crippen LogP contribution in [-0.4, -0.2) is 38.6 Å². The molecule has 1 saturated carbocycles. The number of hydrogen-bond acceptors (Lipinski definition) is 6. The van der Waals surface area contributed by atoms with Gasteiger partial charge in [-0.25, -0.2) is 13.9 Å². The maximum Gasteiger partial charge on any atom is 0.239 e. The lowest BCUT2D eigenvalue weighted by atomic mass is 9.98. The number of carbonyl (C=O) groups excluding carboxylic acids is 1. The van der Waals surface area contributed by atoms with Crippen molar-refractivity contribution in [3.8, 4) is 22.9 Å². The molecule has 4 aromatic rings. The number of rotatable bonds is 9. The zero-order chi connectivity index (χ0) is 23.7. The second kappa shape index (κ2) is 9.23. The number of nitrogens with zero attached hydrogens (tertiary/aromatic N) is 3. The average Bonchev–Trinajstić information content (AvgIpc) is 3.52. The number of imidazole rings is 1. The fraction of sp³-hybridized carbons (Fsp3) is 0.269. The van der Waals surface area contributed by atoms with Crippen molar-refractivity contribution in [1.29, 1.82) is 0 Å². The first kappa shape index (κ1) is 22.0. The lowest BCUT2D eigenvalue weighted by Gasteiger charge is -2.12. The molecule has 1 aliphatic rings. The van der Waals surface area contributed by atoms with Gasteiger partial charge in [0.05, 0.1) is 24.2 Å². The molecule has 0 spiro atoms. The van der Waals surface area contributed by atoms with Crippen LogP contribution in [0.1, 0.15) is 35.2 Å². The molecular formula is C26H25FN4O3. The van der Waals surface area contributed by atoms with Crippen LogP contribution < -0.4 is 10.1 Å². The summed E-state index contributed by atoms with van der Waals surface area (Å²) in [6, 6.07) is 13.2. The second-order valence-electron chi connectivity index (χ2n) is 8.59. The Morgan fingerprint density at radius 3 is 2.82 bits per heavy atom. The molecule has 7 nitrogen and oxygen atoms in total. The quantitative estimate of drug-likeness (QED) is 0.341. The van der Waals surface area contributed by atoms with Crippen LogP contribution in [0.2, 0.25) is 0 Å². The molecule has 174 valence electrons. The van der Waals surface area contributed by atoms with E-state index >= 15 is 0 Å². The lowest BCUT2D eigenvalue weighted by Crippen LogP contribution is -2.09. The predicted octanol–water partition coefficient (Wildman–Crippen LogP) is 5.02. The Balaban J connectivity index is 1.53. The maximum atomic E-state index is 13.6. The monoisotopic (exact) mass is 460 g/mol. The molecule has 1 aliphatic carbocycles. The number of carbonyl (C=O) groups is 1. The summed E-state index contributed by atoms with van der Waals surface area (Å²) in [5.74, 6) is 0.869. The third-order valence-electron chi connectivity index (χ3n) is 5.88. The molecule has 0 atom stereocenters. The van der Waals surface area contributed by atoms with Gasteiger partial charge in [-0.15, -0.1) is 5.10 Å². The third-order valence-corrected chi connectivity index (χ3v) is 5.88. The molecule has 0 aliphatic heterocycles. The van der Waals surface area contributed by atoms with E-state index in [0.717, 1.165) is 35.2 Å². The Kier molecular flexibility index (Phi) is 5.98. The van der Waals surface area contributed by atoms with Gasteiger partial charge in [0, 0.05) is 36.2 Å². The highest BCUT2D eigenvalue weighted by Gasteiger charge is 2.25. The van der Waals surface area contributed by atoms with Gasteiger partial charge in [-0.2, -0.15) is 0 Å². The highest BCUT2D eigenvalue weighted by molar-refractivity contribution is 5.98. The molecule has 0 saturated heterocycles. The summed E-state index contributed by atoms with van der Waals surface area (Å²) in [5, 5.41) is 17.0. The number of ether oxygens (including phenoxy) is 1. The van der Waals surface area contributed by atoms with E-state index in [1.807, 2.05) is 25.1 Å². The lowest BCUT2D eigenvalue weighted by molar-refractivity contribution is 0.0975. The van der Waals surface area contributed by atoms with Gasteiger partial charge in [0.2, 0.25) is 5.88 Å². The zero-order valence-corrected chi connectivity index (χ0v) is 18.8. The standard InChI is InChI=1S/C26H25FN4O3/c1-16-11-18(7-8-21(16)24(33)12-17-5-6-17)23-15-29-26-22(28-9-10-32)14-25(30-31(23)26)34-20-4-2-3-19(27)13-20/h2-4,7-8,11,13-15,17,28,32H,5-6,9-10,12H2,1H3. The number of ketones is 1. The first-order chi connectivity index (χ1) is 16.5. The average molecular weight is 461 g/mol. The maximum absolute atomic E-state index is 13.6. The highest BCUT2D eigenvalue weighted by Crippen LogP contribution is 2.34. The SMILES string of the molecule is Cc1cc(-c2cnc3c(NCCO)cc(Oc4cccc(F)c4)nn23)ccc1C(=O)CC1CC1. The Morgan fingerprint density at radius 2 is 2.09 bits per heavy atom. The van der Waals surface area contributed by atoms with Gasteiger partial charge in [0.25, 0.3) is 0 Å². The highest BCUT2D eigenvalue weighted by atomic mass is 19.1. The fourth-order valence-electron chi connectivity index (χ4n) is 3.99. The molecule has 2 aromatic carbocycles. The molecule has 0 amide bonds. The molecule has 34 heavy (non-hydrogen) atoms. The number of aryl methyl sites for hydroxylation is 1. The number of aliphatic hydroxyl groups is 1. The largest absolute Gasteiger partial charge is 0.437 e. The van der Waals surface area contributed by atoms with Crippen molar-refractivity contribution in [2.45, 2.75) is 26.2 Å². The second-order valence-corrected chi connectivity index (χ2v) is 8.59. The summed E-state index contributed by atoms with van der Waals surface area (Å²) in [6.45, 7) is 2.20. The molecule has 8 heteroatoms.